The first-order valence-corrected chi connectivity index (χ1v) is 6.56. The Morgan fingerprint density at radius 3 is 2.29 bits per heavy atom. The van der Waals surface area contributed by atoms with Crippen molar-refractivity contribution in [2.75, 3.05) is 0 Å². The summed E-state index contributed by atoms with van der Waals surface area (Å²) in [7, 11) is 0. The highest BCUT2D eigenvalue weighted by Crippen LogP contribution is 2.20. The molecule has 0 fully saturated rings. The van der Waals surface area contributed by atoms with Crippen molar-refractivity contribution in [1.29, 1.82) is 0 Å². The fraction of sp³-hybridized carbons (Fsp3) is 0.0769. The molecule has 0 aromatic heterocycles. The first-order valence-electron chi connectivity index (χ1n) is 4.97. The van der Waals surface area contributed by atoms with Gasteiger partial charge in [-0.3, -0.25) is 0 Å². The van der Waals surface area contributed by atoms with E-state index in [1.807, 2.05) is 24.3 Å². The molecule has 0 aliphatic carbocycles. The molecule has 0 radical (unpaired) electrons. The van der Waals surface area contributed by atoms with E-state index in [4.69, 9.17) is 4.74 Å². The van der Waals surface area contributed by atoms with Crippen molar-refractivity contribution < 1.29 is 9.13 Å². The summed E-state index contributed by atoms with van der Waals surface area (Å²) in [6.45, 7) is 0.215. The minimum absolute atomic E-state index is 0.215. The second-order valence-corrected chi connectivity index (χ2v) is 5.31. The van der Waals surface area contributed by atoms with Gasteiger partial charge in [0.15, 0.2) is 0 Å². The van der Waals surface area contributed by atoms with Crippen LogP contribution in [0.4, 0.5) is 4.39 Å². The Labute approximate surface area is 116 Å². The zero-order valence-electron chi connectivity index (χ0n) is 8.79. The van der Waals surface area contributed by atoms with Crippen LogP contribution in [0.25, 0.3) is 0 Å². The summed E-state index contributed by atoms with van der Waals surface area (Å²) < 4.78 is 20.8. The number of benzene rings is 2. The van der Waals surface area contributed by atoms with Gasteiger partial charge in [0.25, 0.3) is 0 Å². The van der Waals surface area contributed by atoms with Crippen LogP contribution < -0.4 is 4.74 Å². The number of hydrogen-bond donors (Lipinski definition) is 0. The molecule has 0 aliphatic rings. The molecule has 0 bridgehead atoms. The molecule has 0 saturated carbocycles. The van der Waals surface area contributed by atoms with Crippen LogP contribution >= 0.6 is 31.9 Å². The van der Waals surface area contributed by atoms with Crippen molar-refractivity contribution in [3.63, 3.8) is 0 Å². The predicted molar refractivity (Wildman–Crippen MR) is 72.6 cm³/mol. The molecular formula is C13H9Br2FO. The third-order valence-electron chi connectivity index (χ3n) is 2.22. The molecule has 2 aromatic rings. The van der Waals surface area contributed by atoms with Gasteiger partial charge >= 0.3 is 0 Å². The third-order valence-corrected chi connectivity index (χ3v) is 3.24. The zero-order valence-corrected chi connectivity index (χ0v) is 12.0. The van der Waals surface area contributed by atoms with Crippen molar-refractivity contribution >= 4 is 31.9 Å². The SMILES string of the molecule is Fc1ccc(Br)cc1COc1ccc(Br)cc1. The fourth-order valence-corrected chi connectivity index (χ4v) is 2.02. The molecule has 0 heterocycles. The zero-order chi connectivity index (χ0) is 12.3. The summed E-state index contributed by atoms with van der Waals surface area (Å²) in [6.07, 6.45) is 0. The average Bonchev–Trinajstić information content (AvgIpc) is 2.32. The van der Waals surface area contributed by atoms with Crippen LogP contribution in [-0.2, 0) is 6.61 Å². The van der Waals surface area contributed by atoms with E-state index in [9.17, 15) is 4.39 Å². The summed E-state index contributed by atoms with van der Waals surface area (Å²) >= 11 is 6.64. The van der Waals surface area contributed by atoms with Gasteiger partial charge in [-0.05, 0) is 42.5 Å². The van der Waals surface area contributed by atoms with Crippen LogP contribution in [-0.4, -0.2) is 0 Å². The van der Waals surface area contributed by atoms with Gasteiger partial charge in [-0.1, -0.05) is 31.9 Å². The van der Waals surface area contributed by atoms with E-state index in [2.05, 4.69) is 31.9 Å². The smallest absolute Gasteiger partial charge is 0.129 e. The van der Waals surface area contributed by atoms with Crippen LogP contribution in [0.3, 0.4) is 0 Å². The van der Waals surface area contributed by atoms with Gasteiger partial charge in [-0.2, -0.15) is 0 Å². The lowest BCUT2D eigenvalue weighted by Gasteiger charge is -2.07. The maximum absolute atomic E-state index is 13.4. The maximum Gasteiger partial charge on any atom is 0.129 e. The first-order chi connectivity index (χ1) is 8.15. The van der Waals surface area contributed by atoms with Crippen LogP contribution in [0.5, 0.6) is 5.75 Å². The predicted octanol–water partition coefficient (Wildman–Crippen LogP) is 4.93. The Bertz CT molecular complexity index is 511. The Kier molecular flexibility index (Phi) is 4.18. The Hall–Kier alpha value is -0.870. The van der Waals surface area contributed by atoms with Gasteiger partial charge in [0.05, 0.1) is 0 Å². The lowest BCUT2D eigenvalue weighted by atomic mass is 10.2. The van der Waals surface area contributed by atoms with E-state index in [1.54, 1.807) is 12.1 Å². The molecule has 0 atom stereocenters. The standard InChI is InChI=1S/C13H9Br2FO/c14-10-1-4-12(5-2-10)17-8-9-7-11(15)3-6-13(9)16/h1-7H,8H2. The highest BCUT2D eigenvalue weighted by molar-refractivity contribution is 9.10. The van der Waals surface area contributed by atoms with Crippen molar-refractivity contribution in [3.05, 3.63) is 62.8 Å². The summed E-state index contributed by atoms with van der Waals surface area (Å²) in [5, 5.41) is 0. The van der Waals surface area contributed by atoms with E-state index in [0.29, 0.717) is 11.3 Å². The molecule has 1 nitrogen and oxygen atoms in total. The number of hydrogen-bond acceptors (Lipinski definition) is 1. The summed E-state index contributed by atoms with van der Waals surface area (Å²) in [4.78, 5) is 0. The third kappa shape index (κ3) is 3.54. The fourth-order valence-electron chi connectivity index (χ4n) is 1.35. The molecule has 0 aliphatic heterocycles. The summed E-state index contributed by atoms with van der Waals surface area (Å²) in [5.41, 5.74) is 0.530. The summed E-state index contributed by atoms with van der Waals surface area (Å²) in [6, 6.07) is 12.2. The van der Waals surface area contributed by atoms with Gasteiger partial charge in [0.1, 0.15) is 18.2 Å². The normalized spacial score (nSPS) is 10.3. The van der Waals surface area contributed by atoms with E-state index in [1.165, 1.54) is 6.07 Å². The van der Waals surface area contributed by atoms with Gasteiger partial charge < -0.3 is 4.74 Å². The minimum Gasteiger partial charge on any atom is -0.489 e. The van der Waals surface area contributed by atoms with Gasteiger partial charge in [0.2, 0.25) is 0 Å². The monoisotopic (exact) mass is 358 g/mol. The van der Waals surface area contributed by atoms with Crippen molar-refractivity contribution in [2.24, 2.45) is 0 Å². The molecule has 2 aromatic carbocycles. The molecule has 0 amide bonds. The molecule has 0 saturated heterocycles. The second kappa shape index (κ2) is 5.65. The minimum atomic E-state index is -0.259. The Balaban J connectivity index is 2.07. The van der Waals surface area contributed by atoms with Gasteiger partial charge in [-0.15, -0.1) is 0 Å². The molecule has 0 unspecified atom stereocenters. The maximum atomic E-state index is 13.4. The average molecular weight is 360 g/mol. The molecular weight excluding hydrogens is 351 g/mol. The molecule has 0 N–H and O–H groups in total. The largest absolute Gasteiger partial charge is 0.489 e. The van der Waals surface area contributed by atoms with Crippen LogP contribution in [0.1, 0.15) is 5.56 Å². The van der Waals surface area contributed by atoms with E-state index in [0.717, 1.165) is 8.95 Å². The number of rotatable bonds is 3. The second-order valence-electron chi connectivity index (χ2n) is 3.48. The number of halogens is 3. The topological polar surface area (TPSA) is 9.23 Å². The Morgan fingerprint density at radius 1 is 0.941 bits per heavy atom. The molecule has 0 spiro atoms. The number of ether oxygens (including phenoxy) is 1. The Morgan fingerprint density at radius 2 is 1.59 bits per heavy atom. The van der Waals surface area contributed by atoms with Crippen molar-refractivity contribution in [1.82, 2.24) is 0 Å². The van der Waals surface area contributed by atoms with Crippen molar-refractivity contribution in [3.8, 4) is 5.75 Å². The van der Waals surface area contributed by atoms with Crippen LogP contribution in [0.15, 0.2) is 51.4 Å². The molecule has 4 heteroatoms. The molecule has 17 heavy (non-hydrogen) atoms. The summed E-state index contributed by atoms with van der Waals surface area (Å²) in [5.74, 6) is 0.456. The van der Waals surface area contributed by atoms with E-state index in [-0.39, 0.29) is 12.4 Å². The van der Waals surface area contributed by atoms with Crippen molar-refractivity contribution in [2.45, 2.75) is 6.61 Å². The van der Waals surface area contributed by atoms with Crippen LogP contribution in [0, 0.1) is 5.82 Å². The molecule has 88 valence electrons. The highest BCUT2D eigenvalue weighted by Gasteiger charge is 2.03. The molecule has 2 rings (SSSR count). The van der Waals surface area contributed by atoms with Gasteiger partial charge in [-0.25, -0.2) is 4.39 Å². The quantitative estimate of drug-likeness (QED) is 0.754. The first kappa shape index (κ1) is 12.6. The van der Waals surface area contributed by atoms with Gasteiger partial charge in [0, 0.05) is 14.5 Å². The lowest BCUT2D eigenvalue weighted by Crippen LogP contribution is -1.98. The van der Waals surface area contributed by atoms with Crippen LogP contribution in [0.2, 0.25) is 0 Å². The van der Waals surface area contributed by atoms with E-state index >= 15 is 0 Å². The highest BCUT2D eigenvalue weighted by atomic mass is 79.9. The lowest BCUT2D eigenvalue weighted by molar-refractivity contribution is 0.299. The van der Waals surface area contributed by atoms with E-state index < -0.39 is 0 Å².